The molecule has 4 rings (SSSR count). The van der Waals surface area contributed by atoms with Gasteiger partial charge in [-0.25, -0.2) is 0 Å². The number of amides is 1. The number of carbonyl (C=O) groups excluding carboxylic acids is 2. The van der Waals surface area contributed by atoms with Gasteiger partial charge in [0, 0.05) is 30.0 Å². The first-order valence-corrected chi connectivity index (χ1v) is 11.7. The zero-order valence-corrected chi connectivity index (χ0v) is 18.8. The fraction of sp³-hybridized carbons (Fsp3) is 0.609. The maximum absolute atomic E-state index is 13.2. The van der Waals surface area contributed by atoms with Crippen LogP contribution in [0.3, 0.4) is 0 Å². The number of nitrogens with zero attached hydrogens (tertiary/aromatic N) is 2. The van der Waals surface area contributed by atoms with E-state index in [2.05, 4.69) is 20.4 Å². The van der Waals surface area contributed by atoms with E-state index in [4.69, 9.17) is 0 Å². The van der Waals surface area contributed by atoms with E-state index >= 15 is 0 Å². The molecule has 0 unspecified atom stereocenters. The van der Waals surface area contributed by atoms with Crippen LogP contribution in [0.1, 0.15) is 52.4 Å². The Morgan fingerprint density at radius 3 is 2.69 bits per heavy atom. The normalized spacial score (nSPS) is 20.2. The van der Waals surface area contributed by atoms with Crippen molar-refractivity contribution in [3.63, 3.8) is 0 Å². The van der Waals surface area contributed by atoms with Crippen LogP contribution in [0.25, 0.3) is 10.9 Å². The summed E-state index contributed by atoms with van der Waals surface area (Å²) in [6.45, 7) is 4.75. The topological polar surface area (TPSA) is 119 Å². The van der Waals surface area contributed by atoms with Gasteiger partial charge in [0.25, 0.3) is 0 Å². The molecular formula is C23H33BN4O4. The zero-order valence-electron chi connectivity index (χ0n) is 18.8. The number of anilines is 1. The molecule has 1 saturated carbocycles. The SMILES string of the molecule is CC(C)C[C@H](NC(=O)[C@@H](CC(=O)[C@@H]1CCN1c1ccc2[nH]ncc2c1)CC1CC1)B(O)O. The maximum atomic E-state index is 13.2. The molecule has 0 radical (unpaired) electrons. The summed E-state index contributed by atoms with van der Waals surface area (Å²) in [4.78, 5) is 28.3. The fourth-order valence-corrected chi connectivity index (χ4v) is 4.62. The predicted octanol–water partition coefficient (Wildman–Crippen LogP) is 2.06. The van der Waals surface area contributed by atoms with Crippen molar-refractivity contribution in [2.45, 2.75) is 64.4 Å². The highest BCUT2D eigenvalue weighted by atomic mass is 16.4. The summed E-state index contributed by atoms with van der Waals surface area (Å²) in [6.07, 6.45) is 6.08. The first-order chi connectivity index (χ1) is 15.3. The number of hydrogen-bond acceptors (Lipinski definition) is 6. The number of aromatic nitrogens is 2. The van der Waals surface area contributed by atoms with Crippen LogP contribution in [0.5, 0.6) is 0 Å². The lowest BCUT2D eigenvalue weighted by Gasteiger charge is -2.42. The van der Waals surface area contributed by atoms with Crippen molar-refractivity contribution in [3.8, 4) is 0 Å². The smallest absolute Gasteiger partial charge is 0.426 e. The van der Waals surface area contributed by atoms with Crippen molar-refractivity contribution >= 4 is 35.4 Å². The highest BCUT2D eigenvalue weighted by molar-refractivity contribution is 6.43. The molecular weight excluding hydrogens is 407 g/mol. The maximum Gasteiger partial charge on any atom is 0.475 e. The average molecular weight is 440 g/mol. The third-order valence-corrected chi connectivity index (χ3v) is 6.69. The molecule has 3 atom stereocenters. The molecule has 172 valence electrons. The second kappa shape index (κ2) is 9.62. The van der Waals surface area contributed by atoms with Crippen LogP contribution in [-0.4, -0.2) is 57.6 Å². The van der Waals surface area contributed by atoms with Crippen molar-refractivity contribution in [2.24, 2.45) is 17.8 Å². The number of benzene rings is 1. The summed E-state index contributed by atoms with van der Waals surface area (Å²) >= 11 is 0. The van der Waals surface area contributed by atoms with E-state index in [0.717, 1.165) is 42.4 Å². The lowest BCUT2D eigenvalue weighted by molar-refractivity contribution is -0.131. The van der Waals surface area contributed by atoms with Crippen molar-refractivity contribution in [1.29, 1.82) is 0 Å². The molecule has 9 heteroatoms. The van der Waals surface area contributed by atoms with E-state index in [1.807, 2.05) is 32.0 Å². The lowest BCUT2D eigenvalue weighted by Crippen LogP contribution is -2.54. The van der Waals surface area contributed by atoms with Crippen molar-refractivity contribution in [2.75, 3.05) is 11.4 Å². The summed E-state index contributed by atoms with van der Waals surface area (Å²) in [5, 5.41) is 30.2. The quantitative estimate of drug-likeness (QED) is 0.398. The van der Waals surface area contributed by atoms with Crippen LogP contribution < -0.4 is 10.2 Å². The van der Waals surface area contributed by atoms with E-state index in [9.17, 15) is 19.6 Å². The van der Waals surface area contributed by atoms with Gasteiger partial charge in [0.15, 0.2) is 5.78 Å². The number of carbonyl (C=O) groups is 2. The number of fused-ring (bicyclic) bond motifs is 1. The van der Waals surface area contributed by atoms with Crippen LogP contribution in [0.15, 0.2) is 24.4 Å². The highest BCUT2D eigenvalue weighted by Crippen LogP contribution is 2.37. The summed E-state index contributed by atoms with van der Waals surface area (Å²) in [5.74, 6) is -0.615. The van der Waals surface area contributed by atoms with Crippen LogP contribution in [0.2, 0.25) is 0 Å². The molecule has 1 saturated heterocycles. The second-order valence-corrected chi connectivity index (χ2v) is 9.84. The number of Topliss-reactive ketones (excluding diaryl/α,β-unsaturated/α-hetero) is 1. The summed E-state index contributed by atoms with van der Waals surface area (Å²) in [5.41, 5.74) is 1.95. The minimum atomic E-state index is -1.61. The molecule has 1 aliphatic heterocycles. The Hall–Kier alpha value is -2.39. The van der Waals surface area contributed by atoms with E-state index in [1.54, 1.807) is 6.20 Å². The molecule has 8 nitrogen and oxygen atoms in total. The number of H-pyrrole nitrogens is 1. The Balaban J connectivity index is 1.41. The van der Waals surface area contributed by atoms with Gasteiger partial charge < -0.3 is 20.3 Å². The Kier molecular flexibility index (Phi) is 6.86. The largest absolute Gasteiger partial charge is 0.475 e. The van der Waals surface area contributed by atoms with Gasteiger partial charge in [0.1, 0.15) is 0 Å². The highest BCUT2D eigenvalue weighted by Gasteiger charge is 2.39. The molecule has 2 fully saturated rings. The van der Waals surface area contributed by atoms with Gasteiger partial charge >= 0.3 is 7.12 Å². The summed E-state index contributed by atoms with van der Waals surface area (Å²) in [7, 11) is -1.61. The molecule has 32 heavy (non-hydrogen) atoms. The molecule has 1 aromatic carbocycles. The van der Waals surface area contributed by atoms with Crippen molar-refractivity contribution < 1.29 is 19.6 Å². The minimum Gasteiger partial charge on any atom is -0.426 e. The molecule has 1 amide bonds. The molecule has 4 N–H and O–H groups in total. The van der Waals surface area contributed by atoms with E-state index < -0.39 is 19.0 Å². The molecule has 2 heterocycles. The molecule has 0 bridgehead atoms. The van der Waals surface area contributed by atoms with E-state index in [0.29, 0.717) is 18.8 Å². The van der Waals surface area contributed by atoms with Gasteiger partial charge in [0.2, 0.25) is 5.91 Å². The van der Waals surface area contributed by atoms with Crippen LogP contribution >= 0.6 is 0 Å². The second-order valence-electron chi connectivity index (χ2n) is 9.84. The van der Waals surface area contributed by atoms with Crippen LogP contribution in [0.4, 0.5) is 5.69 Å². The van der Waals surface area contributed by atoms with Gasteiger partial charge in [-0.1, -0.05) is 26.7 Å². The lowest BCUT2D eigenvalue weighted by atomic mass is 9.74. The number of nitrogens with one attached hydrogen (secondary N) is 2. The first-order valence-electron chi connectivity index (χ1n) is 11.7. The predicted molar refractivity (Wildman–Crippen MR) is 124 cm³/mol. The van der Waals surface area contributed by atoms with Gasteiger partial charge in [-0.05, 0) is 49.3 Å². The summed E-state index contributed by atoms with van der Waals surface area (Å²) < 4.78 is 0. The molecule has 2 aromatic rings. The first kappa shape index (κ1) is 22.8. The molecule has 0 spiro atoms. The van der Waals surface area contributed by atoms with Crippen LogP contribution in [-0.2, 0) is 9.59 Å². The standard InChI is InChI=1S/C23H33BN4O4/c1-14(2)9-22(24(31)32)26-23(30)16(10-15-3-4-15)12-21(29)20-7-8-28(20)18-5-6-19-17(11-18)13-25-27-19/h5-6,11,13-16,20,22,31-32H,3-4,7-10,12H2,1-2H3,(H,25,27)(H,26,30)/t16-,20+,22+/m1/s1. The molecule has 2 aliphatic rings. The van der Waals surface area contributed by atoms with Gasteiger partial charge in [-0.2, -0.15) is 5.10 Å². The Morgan fingerprint density at radius 2 is 2.06 bits per heavy atom. The Labute approximate surface area is 188 Å². The van der Waals surface area contributed by atoms with Gasteiger partial charge in [-0.15, -0.1) is 0 Å². The number of rotatable bonds is 11. The average Bonchev–Trinajstić information content (AvgIpc) is 3.39. The number of hydrogen-bond donors (Lipinski definition) is 4. The van der Waals surface area contributed by atoms with Gasteiger partial charge in [0.05, 0.1) is 23.7 Å². The van der Waals surface area contributed by atoms with E-state index in [-0.39, 0.29) is 30.1 Å². The van der Waals surface area contributed by atoms with E-state index in [1.165, 1.54) is 0 Å². The number of aromatic amines is 1. The molecule has 1 aromatic heterocycles. The van der Waals surface area contributed by atoms with Crippen LogP contribution in [0, 0.1) is 17.8 Å². The number of ketones is 1. The third kappa shape index (κ3) is 5.32. The fourth-order valence-electron chi connectivity index (χ4n) is 4.62. The monoisotopic (exact) mass is 440 g/mol. The molecule has 1 aliphatic carbocycles. The van der Waals surface area contributed by atoms with Crippen molar-refractivity contribution in [1.82, 2.24) is 15.5 Å². The Morgan fingerprint density at radius 1 is 1.28 bits per heavy atom. The van der Waals surface area contributed by atoms with Crippen molar-refractivity contribution in [3.05, 3.63) is 24.4 Å². The zero-order chi connectivity index (χ0) is 22.8. The van der Waals surface area contributed by atoms with Gasteiger partial charge in [-0.3, -0.25) is 14.7 Å². The third-order valence-electron chi connectivity index (χ3n) is 6.69. The minimum absolute atomic E-state index is 0.0781. The Bertz CT molecular complexity index is 958. The summed E-state index contributed by atoms with van der Waals surface area (Å²) in [6, 6.07) is 5.78.